The molecule has 1 heterocycles. The van der Waals surface area contributed by atoms with Gasteiger partial charge in [-0.1, -0.05) is 25.7 Å². The molecule has 0 N–H and O–H groups in total. The first-order valence-electron chi connectivity index (χ1n) is 8.43. The average Bonchev–Trinajstić information content (AvgIpc) is 3.25. The summed E-state index contributed by atoms with van der Waals surface area (Å²) in [5.74, 6) is 1.97. The van der Waals surface area contributed by atoms with Crippen LogP contribution in [-0.4, -0.2) is 21.5 Å². The summed E-state index contributed by atoms with van der Waals surface area (Å²) in [6.45, 7) is 0. The Labute approximate surface area is 138 Å². The lowest BCUT2D eigenvalue weighted by atomic mass is 9.74. The highest BCUT2D eigenvalue weighted by Gasteiger charge is 2.39. The van der Waals surface area contributed by atoms with Crippen LogP contribution in [0.15, 0.2) is 12.3 Å². The maximum absolute atomic E-state index is 6.37. The summed E-state index contributed by atoms with van der Waals surface area (Å²) >= 11 is 12.7. The van der Waals surface area contributed by atoms with E-state index in [1.165, 1.54) is 57.1 Å². The predicted octanol–water partition coefficient (Wildman–Crippen LogP) is 5.19. The van der Waals surface area contributed by atoms with Crippen LogP contribution in [0.5, 0.6) is 0 Å². The molecule has 2 aliphatic carbocycles. The van der Waals surface area contributed by atoms with Gasteiger partial charge in [0.25, 0.3) is 0 Å². The molecular weight excluding hydrogens is 303 g/mol. The molecule has 4 heteroatoms. The molecule has 0 aromatic carbocycles. The van der Waals surface area contributed by atoms with Crippen molar-refractivity contribution in [2.75, 3.05) is 11.8 Å². The second-order valence-corrected chi connectivity index (χ2v) is 7.55. The number of rotatable bonds is 6. The van der Waals surface area contributed by atoms with E-state index in [0.29, 0.717) is 23.7 Å². The molecule has 0 amide bonds. The average molecular weight is 329 g/mol. The molecule has 0 unspecified atom stereocenters. The van der Waals surface area contributed by atoms with Crippen molar-refractivity contribution in [3.8, 4) is 0 Å². The maximum Gasteiger partial charge on any atom is 0.0631 e. The molecule has 2 fully saturated rings. The van der Waals surface area contributed by atoms with Crippen LogP contribution in [0.1, 0.15) is 63.1 Å². The zero-order valence-corrected chi connectivity index (χ0v) is 14.2. The summed E-state index contributed by atoms with van der Waals surface area (Å²) < 4.78 is 2.18. The van der Waals surface area contributed by atoms with Gasteiger partial charge in [0.1, 0.15) is 0 Å². The zero-order chi connectivity index (χ0) is 14.7. The molecule has 0 bridgehead atoms. The number of hydrogen-bond donors (Lipinski definition) is 0. The molecule has 2 nitrogen and oxygen atoms in total. The molecule has 0 atom stereocenters. The molecule has 21 heavy (non-hydrogen) atoms. The molecule has 2 saturated carbocycles. The minimum atomic E-state index is 0.0362. The highest BCUT2D eigenvalue weighted by atomic mass is 35.5. The van der Waals surface area contributed by atoms with Gasteiger partial charge in [0, 0.05) is 23.4 Å². The van der Waals surface area contributed by atoms with Crippen molar-refractivity contribution >= 4 is 23.2 Å². The Kier molecular flexibility index (Phi) is 5.16. The van der Waals surface area contributed by atoms with Crippen LogP contribution in [0.3, 0.4) is 0 Å². The van der Waals surface area contributed by atoms with Gasteiger partial charge in [0.15, 0.2) is 0 Å². The Hall–Kier alpha value is -0.210. The fraction of sp³-hybridized carbons (Fsp3) is 0.824. The lowest BCUT2D eigenvalue weighted by Gasteiger charge is -2.35. The van der Waals surface area contributed by atoms with E-state index < -0.39 is 0 Å². The fourth-order valence-corrected chi connectivity index (χ4v) is 5.15. The number of hydrogen-bond acceptors (Lipinski definition) is 1. The van der Waals surface area contributed by atoms with E-state index in [4.69, 9.17) is 28.3 Å². The monoisotopic (exact) mass is 328 g/mol. The van der Waals surface area contributed by atoms with Crippen molar-refractivity contribution in [2.24, 2.45) is 11.3 Å². The largest absolute Gasteiger partial charge is 0.269 e. The fourth-order valence-electron chi connectivity index (χ4n) is 4.24. The molecular formula is C17H26Cl2N2. The number of alkyl halides is 2. The summed E-state index contributed by atoms with van der Waals surface area (Å²) in [5, 5.41) is 4.84. The Balaban J connectivity index is 1.73. The third kappa shape index (κ3) is 3.27. The van der Waals surface area contributed by atoms with Crippen molar-refractivity contribution in [1.82, 2.24) is 9.78 Å². The lowest BCUT2D eigenvalue weighted by Crippen LogP contribution is -2.35. The van der Waals surface area contributed by atoms with Gasteiger partial charge in [-0.2, -0.15) is 5.10 Å². The lowest BCUT2D eigenvalue weighted by molar-refractivity contribution is 0.222. The molecule has 2 aliphatic rings. The molecule has 0 spiro atoms. The van der Waals surface area contributed by atoms with E-state index >= 15 is 0 Å². The van der Waals surface area contributed by atoms with Gasteiger partial charge in [-0.3, -0.25) is 4.68 Å². The quantitative estimate of drug-likeness (QED) is 0.656. The van der Waals surface area contributed by atoms with Gasteiger partial charge in [0.05, 0.1) is 11.7 Å². The molecule has 0 aliphatic heterocycles. The molecule has 3 rings (SSSR count). The molecule has 1 aromatic heterocycles. The summed E-state index contributed by atoms with van der Waals surface area (Å²) in [5.41, 5.74) is 1.21. The van der Waals surface area contributed by atoms with E-state index in [2.05, 4.69) is 16.9 Å². The first kappa shape index (κ1) is 15.7. The summed E-state index contributed by atoms with van der Waals surface area (Å²) in [6.07, 6.45) is 13.6. The molecule has 0 saturated heterocycles. The van der Waals surface area contributed by atoms with Crippen molar-refractivity contribution < 1.29 is 0 Å². The number of aromatic nitrogens is 2. The topological polar surface area (TPSA) is 17.8 Å². The van der Waals surface area contributed by atoms with E-state index in [9.17, 15) is 0 Å². The maximum atomic E-state index is 6.37. The smallest absolute Gasteiger partial charge is 0.0631 e. The number of nitrogens with zero attached hydrogens (tertiary/aromatic N) is 2. The Morgan fingerprint density at radius 3 is 2.29 bits per heavy atom. The van der Waals surface area contributed by atoms with Crippen molar-refractivity contribution in [3.63, 3.8) is 0 Å². The second kappa shape index (κ2) is 6.91. The number of halogens is 2. The van der Waals surface area contributed by atoms with E-state index in [1.54, 1.807) is 0 Å². The van der Waals surface area contributed by atoms with Gasteiger partial charge in [-0.15, -0.1) is 23.2 Å². The van der Waals surface area contributed by atoms with Crippen LogP contribution in [-0.2, 0) is 6.42 Å². The van der Waals surface area contributed by atoms with Crippen molar-refractivity contribution in [3.05, 3.63) is 18.0 Å². The van der Waals surface area contributed by atoms with Gasteiger partial charge in [-0.05, 0) is 44.1 Å². The Bertz CT molecular complexity index is 441. The van der Waals surface area contributed by atoms with Crippen LogP contribution in [0.2, 0.25) is 0 Å². The standard InChI is InChI=1S/C17H26Cl2N2/c18-12-17(13-19,14-5-1-2-6-14)11-15-9-10-21(20-15)16-7-3-4-8-16/h9-10,14,16H,1-8,11-13H2. The van der Waals surface area contributed by atoms with E-state index in [0.717, 1.165) is 6.42 Å². The molecule has 0 radical (unpaired) electrons. The highest BCUT2D eigenvalue weighted by molar-refractivity contribution is 6.21. The second-order valence-electron chi connectivity index (χ2n) is 7.01. The van der Waals surface area contributed by atoms with Gasteiger partial charge in [-0.25, -0.2) is 0 Å². The van der Waals surface area contributed by atoms with E-state index in [-0.39, 0.29) is 5.41 Å². The van der Waals surface area contributed by atoms with Crippen LogP contribution in [0.4, 0.5) is 0 Å². The van der Waals surface area contributed by atoms with Crippen LogP contribution >= 0.6 is 23.2 Å². The van der Waals surface area contributed by atoms with Crippen LogP contribution < -0.4 is 0 Å². The third-order valence-electron chi connectivity index (χ3n) is 5.65. The Morgan fingerprint density at radius 1 is 1.05 bits per heavy atom. The normalized spacial score (nSPS) is 21.4. The first-order valence-corrected chi connectivity index (χ1v) is 9.50. The highest BCUT2D eigenvalue weighted by Crippen LogP contribution is 2.44. The minimum absolute atomic E-state index is 0.0362. The van der Waals surface area contributed by atoms with Crippen LogP contribution in [0.25, 0.3) is 0 Å². The van der Waals surface area contributed by atoms with Crippen molar-refractivity contribution in [2.45, 2.75) is 63.8 Å². The SMILES string of the molecule is ClCC(CCl)(Cc1ccn(C2CCCC2)n1)C1CCCC1. The minimum Gasteiger partial charge on any atom is -0.269 e. The van der Waals surface area contributed by atoms with Crippen LogP contribution in [0, 0.1) is 11.3 Å². The van der Waals surface area contributed by atoms with Gasteiger partial charge < -0.3 is 0 Å². The van der Waals surface area contributed by atoms with Gasteiger partial charge in [0.2, 0.25) is 0 Å². The summed E-state index contributed by atoms with van der Waals surface area (Å²) in [7, 11) is 0. The first-order chi connectivity index (χ1) is 10.3. The molecule has 118 valence electrons. The van der Waals surface area contributed by atoms with E-state index in [1.807, 2.05) is 0 Å². The zero-order valence-electron chi connectivity index (χ0n) is 12.7. The summed E-state index contributed by atoms with van der Waals surface area (Å²) in [4.78, 5) is 0. The predicted molar refractivity (Wildman–Crippen MR) is 89.3 cm³/mol. The Morgan fingerprint density at radius 2 is 1.67 bits per heavy atom. The van der Waals surface area contributed by atoms with Crippen molar-refractivity contribution in [1.29, 1.82) is 0 Å². The van der Waals surface area contributed by atoms with Gasteiger partial charge >= 0.3 is 0 Å². The summed E-state index contributed by atoms with van der Waals surface area (Å²) in [6, 6.07) is 2.80. The third-order valence-corrected chi connectivity index (χ3v) is 6.71. The molecule has 1 aromatic rings.